The number of rotatable bonds is 4. The quantitative estimate of drug-likeness (QED) is 0.789. The van der Waals surface area contributed by atoms with Crippen LogP contribution in [0.2, 0.25) is 0 Å². The molecule has 6 heteroatoms. The first-order valence-electron chi connectivity index (χ1n) is 5.15. The van der Waals surface area contributed by atoms with E-state index < -0.39 is 5.41 Å². The predicted octanol–water partition coefficient (Wildman–Crippen LogP) is 0.341. The van der Waals surface area contributed by atoms with E-state index in [0.29, 0.717) is 37.5 Å². The van der Waals surface area contributed by atoms with Crippen molar-refractivity contribution in [2.24, 2.45) is 5.41 Å². The molecule has 1 saturated carbocycles. The lowest BCUT2D eigenvalue weighted by Crippen LogP contribution is -2.32. The Bertz CT molecular complexity index is 442. The molecule has 6 nitrogen and oxygen atoms in total. The highest BCUT2D eigenvalue weighted by atomic mass is 16.5. The highest BCUT2D eigenvalue weighted by molar-refractivity contribution is 5.88. The van der Waals surface area contributed by atoms with Crippen molar-refractivity contribution in [3.63, 3.8) is 0 Å². The lowest BCUT2D eigenvalue weighted by Gasteiger charge is -2.05. The minimum Gasteiger partial charge on any atom is -0.354 e. The fourth-order valence-electron chi connectivity index (χ4n) is 1.41. The number of amides is 1. The first-order valence-corrected chi connectivity index (χ1v) is 5.15. The maximum atomic E-state index is 11.6. The zero-order valence-corrected chi connectivity index (χ0v) is 8.99. The molecule has 0 aliphatic heterocycles. The smallest absolute Gasteiger partial charge is 0.240 e. The second-order valence-corrected chi connectivity index (χ2v) is 3.94. The van der Waals surface area contributed by atoms with Gasteiger partial charge in [-0.25, -0.2) is 0 Å². The van der Waals surface area contributed by atoms with Gasteiger partial charge in [0.05, 0.1) is 6.07 Å². The molecule has 1 N–H and O–H groups in total. The molecule has 0 spiro atoms. The van der Waals surface area contributed by atoms with E-state index in [4.69, 9.17) is 9.78 Å². The van der Waals surface area contributed by atoms with Gasteiger partial charge in [-0.1, -0.05) is 5.16 Å². The van der Waals surface area contributed by atoms with Gasteiger partial charge < -0.3 is 9.84 Å². The Morgan fingerprint density at radius 1 is 1.69 bits per heavy atom. The van der Waals surface area contributed by atoms with E-state index in [2.05, 4.69) is 15.5 Å². The number of nitrogens with one attached hydrogen (secondary N) is 1. The molecule has 16 heavy (non-hydrogen) atoms. The van der Waals surface area contributed by atoms with Crippen molar-refractivity contribution in [2.75, 3.05) is 6.54 Å². The molecule has 0 radical (unpaired) electrons. The van der Waals surface area contributed by atoms with Gasteiger partial charge in [0.2, 0.25) is 11.8 Å². The summed E-state index contributed by atoms with van der Waals surface area (Å²) in [5, 5.41) is 15.1. The third kappa shape index (κ3) is 2.03. The third-order valence-electron chi connectivity index (χ3n) is 2.59. The molecule has 0 unspecified atom stereocenters. The van der Waals surface area contributed by atoms with Gasteiger partial charge in [-0.2, -0.15) is 10.2 Å². The van der Waals surface area contributed by atoms with Crippen LogP contribution in [0, 0.1) is 23.7 Å². The second kappa shape index (κ2) is 3.93. The summed E-state index contributed by atoms with van der Waals surface area (Å²) in [6.07, 6.45) is 1.82. The van der Waals surface area contributed by atoms with Crippen LogP contribution in [0.15, 0.2) is 4.52 Å². The van der Waals surface area contributed by atoms with Gasteiger partial charge in [-0.05, 0) is 19.8 Å². The lowest BCUT2D eigenvalue weighted by atomic mass is 10.1. The first-order chi connectivity index (χ1) is 7.66. The highest BCUT2D eigenvalue weighted by Gasteiger charge is 2.50. The van der Waals surface area contributed by atoms with Crippen LogP contribution in [0.25, 0.3) is 0 Å². The van der Waals surface area contributed by atoms with Crippen LogP contribution < -0.4 is 5.32 Å². The molecule has 1 aliphatic carbocycles. The van der Waals surface area contributed by atoms with E-state index in [0.717, 1.165) is 0 Å². The molecule has 0 atom stereocenters. The fraction of sp³-hybridized carbons (Fsp3) is 0.600. The molecule has 2 rings (SSSR count). The van der Waals surface area contributed by atoms with Gasteiger partial charge in [-0.15, -0.1) is 0 Å². The van der Waals surface area contributed by atoms with Gasteiger partial charge in [0.25, 0.3) is 0 Å². The second-order valence-electron chi connectivity index (χ2n) is 3.94. The summed E-state index contributed by atoms with van der Waals surface area (Å²) in [4.78, 5) is 15.6. The molecule has 0 bridgehead atoms. The molecule has 0 aromatic carbocycles. The summed E-state index contributed by atoms with van der Waals surface area (Å²) in [5.41, 5.74) is -0.759. The topological polar surface area (TPSA) is 91.8 Å². The lowest BCUT2D eigenvalue weighted by molar-refractivity contribution is -0.124. The monoisotopic (exact) mass is 220 g/mol. The number of carbonyl (C=O) groups excluding carboxylic acids is 1. The SMILES string of the molecule is Cc1noc(CCNC(=O)C2(C#N)CC2)n1. The van der Waals surface area contributed by atoms with Gasteiger partial charge in [0, 0.05) is 13.0 Å². The average molecular weight is 220 g/mol. The average Bonchev–Trinajstić information content (AvgIpc) is 2.98. The standard InChI is InChI=1S/C10H12N4O2/c1-7-13-8(16-14-7)2-5-12-9(15)10(6-11)3-4-10/h2-5H2,1H3,(H,12,15). The van der Waals surface area contributed by atoms with Crippen molar-refractivity contribution >= 4 is 5.91 Å². The Labute approximate surface area is 92.6 Å². The summed E-state index contributed by atoms with van der Waals surface area (Å²) >= 11 is 0. The molecule has 1 aromatic rings. The van der Waals surface area contributed by atoms with Crippen molar-refractivity contribution in [3.05, 3.63) is 11.7 Å². The van der Waals surface area contributed by atoms with E-state index in [1.807, 2.05) is 6.07 Å². The largest absolute Gasteiger partial charge is 0.354 e. The van der Waals surface area contributed by atoms with E-state index in [1.165, 1.54) is 0 Å². The molecular weight excluding hydrogens is 208 g/mol. The summed E-state index contributed by atoms with van der Waals surface area (Å²) in [6, 6.07) is 2.04. The zero-order valence-electron chi connectivity index (χ0n) is 8.99. The maximum Gasteiger partial charge on any atom is 0.240 e. The zero-order chi connectivity index (χ0) is 11.6. The van der Waals surface area contributed by atoms with Crippen LogP contribution in [0.1, 0.15) is 24.6 Å². The summed E-state index contributed by atoms with van der Waals surface area (Å²) in [5.74, 6) is 0.892. The van der Waals surface area contributed by atoms with E-state index in [9.17, 15) is 4.79 Å². The van der Waals surface area contributed by atoms with E-state index in [1.54, 1.807) is 6.92 Å². The van der Waals surface area contributed by atoms with Gasteiger partial charge in [-0.3, -0.25) is 4.79 Å². The summed E-state index contributed by atoms with van der Waals surface area (Å²) in [6.45, 7) is 2.16. The van der Waals surface area contributed by atoms with E-state index in [-0.39, 0.29) is 5.91 Å². The van der Waals surface area contributed by atoms with Crippen molar-refractivity contribution in [3.8, 4) is 6.07 Å². The highest BCUT2D eigenvalue weighted by Crippen LogP contribution is 2.44. The molecule has 0 saturated heterocycles. The molecule has 1 heterocycles. The molecule has 1 fully saturated rings. The van der Waals surface area contributed by atoms with Crippen LogP contribution in [0.3, 0.4) is 0 Å². The van der Waals surface area contributed by atoms with Crippen LogP contribution in [0.4, 0.5) is 0 Å². The number of hydrogen-bond donors (Lipinski definition) is 1. The number of carbonyl (C=O) groups is 1. The van der Waals surface area contributed by atoms with Crippen LogP contribution in [-0.4, -0.2) is 22.6 Å². The number of nitriles is 1. The number of nitrogens with zero attached hydrogens (tertiary/aromatic N) is 3. The van der Waals surface area contributed by atoms with Crippen LogP contribution >= 0.6 is 0 Å². The van der Waals surface area contributed by atoms with Crippen LogP contribution in [0.5, 0.6) is 0 Å². The maximum absolute atomic E-state index is 11.6. The molecule has 84 valence electrons. The van der Waals surface area contributed by atoms with Crippen molar-refractivity contribution < 1.29 is 9.32 Å². The van der Waals surface area contributed by atoms with Crippen molar-refractivity contribution in [1.82, 2.24) is 15.5 Å². The van der Waals surface area contributed by atoms with Gasteiger partial charge in [0.15, 0.2) is 5.82 Å². The number of aromatic nitrogens is 2. The summed E-state index contributed by atoms with van der Waals surface area (Å²) < 4.78 is 4.90. The summed E-state index contributed by atoms with van der Waals surface area (Å²) in [7, 11) is 0. The number of hydrogen-bond acceptors (Lipinski definition) is 5. The molecular formula is C10H12N4O2. The Morgan fingerprint density at radius 2 is 2.44 bits per heavy atom. The van der Waals surface area contributed by atoms with Gasteiger partial charge in [0.1, 0.15) is 5.41 Å². The normalized spacial score (nSPS) is 16.5. The fourth-order valence-corrected chi connectivity index (χ4v) is 1.41. The van der Waals surface area contributed by atoms with Crippen LogP contribution in [-0.2, 0) is 11.2 Å². The minimum absolute atomic E-state index is 0.189. The molecule has 1 amide bonds. The molecule has 1 aromatic heterocycles. The first kappa shape index (κ1) is 10.6. The van der Waals surface area contributed by atoms with Gasteiger partial charge >= 0.3 is 0 Å². The Balaban J connectivity index is 1.77. The third-order valence-corrected chi connectivity index (χ3v) is 2.59. The van der Waals surface area contributed by atoms with E-state index >= 15 is 0 Å². The van der Waals surface area contributed by atoms with Crippen molar-refractivity contribution in [1.29, 1.82) is 5.26 Å². The molecule has 1 aliphatic rings. The Kier molecular flexibility index (Phi) is 2.60. The number of aryl methyl sites for hydroxylation is 1. The minimum atomic E-state index is -0.759. The van der Waals surface area contributed by atoms with Crippen molar-refractivity contribution in [2.45, 2.75) is 26.2 Å². The Hall–Kier alpha value is -1.90. The predicted molar refractivity (Wildman–Crippen MR) is 53.0 cm³/mol. The Morgan fingerprint density at radius 3 is 2.94 bits per heavy atom.